The van der Waals surface area contributed by atoms with Crippen LogP contribution in [0.25, 0.3) is 11.1 Å². The quantitative estimate of drug-likeness (QED) is 0.390. The molecule has 0 saturated carbocycles. The summed E-state index contributed by atoms with van der Waals surface area (Å²) in [5.41, 5.74) is 0.532. The molecular formula is C12H5Cl4NO2. The summed E-state index contributed by atoms with van der Waals surface area (Å²) in [5.74, 6) is 0. The molecule has 0 N–H and O–H groups in total. The van der Waals surface area contributed by atoms with E-state index in [1.807, 2.05) is 0 Å². The van der Waals surface area contributed by atoms with Gasteiger partial charge < -0.3 is 0 Å². The highest BCUT2D eigenvalue weighted by Gasteiger charge is 2.20. The molecule has 3 nitrogen and oxygen atoms in total. The predicted molar refractivity (Wildman–Crippen MR) is 78.6 cm³/mol. The summed E-state index contributed by atoms with van der Waals surface area (Å²) in [5, 5.41) is 11.7. The average molecular weight is 337 g/mol. The Labute approximate surface area is 128 Å². The van der Waals surface area contributed by atoms with E-state index in [4.69, 9.17) is 46.4 Å². The maximum atomic E-state index is 10.9. The first-order valence-electron chi connectivity index (χ1n) is 5.00. The van der Waals surface area contributed by atoms with Crippen LogP contribution in [-0.4, -0.2) is 4.92 Å². The van der Waals surface area contributed by atoms with Crippen molar-refractivity contribution in [2.24, 2.45) is 0 Å². The molecule has 2 aromatic rings. The molecule has 2 rings (SSSR count). The lowest BCUT2D eigenvalue weighted by atomic mass is 10.0. The number of rotatable bonds is 2. The van der Waals surface area contributed by atoms with Crippen LogP contribution in [0.1, 0.15) is 0 Å². The van der Waals surface area contributed by atoms with Gasteiger partial charge in [-0.2, -0.15) is 0 Å². The van der Waals surface area contributed by atoms with Crippen LogP contribution >= 0.6 is 46.4 Å². The monoisotopic (exact) mass is 335 g/mol. The molecule has 0 aliphatic heterocycles. The van der Waals surface area contributed by atoms with E-state index in [9.17, 15) is 10.1 Å². The highest BCUT2D eigenvalue weighted by Crippen LogP contribution is 2.44. The van der Waals surface area contributed by atoms with Crippen LogP contribution in [-0.2, 0) is 0 Å². The van der Waals surface area contributed by atoms with E-state index in [1.54, 1.807) is 18.2 Å². The van der Waals surface area contributed by atoms with E-state index >= 15 is 0 Å². The Kier molecular flexibility index (Phi) is 4.21. The van der Waals surface area contributed by atoms with E-state index in [1.165, 1.54) is 12.1 Å². The number of hydrogen-bond donors (Lipinski definition) is 0. The van der Waals surface area contributed by atoms with E-state index in [2.05, 4.69) is 0 Å². The smallest absolute Gasteiger partial charge is 0.258 e. The zero-order chi connectivity index (χ0) is 14.2. The van der Waals surface area contributed by atoms with Crippen molar-refractivity contribution >= 4 is 52.1 Å². The fourth-order valence-corrected chi connectivity index (χ4v) is 2.65. The van der Waals surface area contributed by atoms with Crippen molar-refractivity contribution in [1.82, 2.24) is 0 Å². The van der Waals surface area contributed by atoms with Gasteiger partial charge in [-0.05, 0) is 12.1 Å². The van der Waals surface area contributed by atoms with Crippen LogP contribution in [0.2, 0.25) is 20.1 Å². The van der Waals surface area contributed by atoms with Crippen molar-refractivity contribution < 1.29 is 4.92 Å². The highest BCUT2D eigenvalue weighted by atomic mass is 35.5. The average Bonchev–Trinajstić information content (AvgIpc) is 2.36. The van der Waals surface area contributed by atoms with Gasteiger partial charge in [0.1, 0.15) is 5.02 Å². The Morgan fingerprint density at radius 1 is 0.895 bits per heavy atom. The molecular weight excluding hydrogens is 332 g/mol. The minimum Gasteiger partial charge on any atom is -0.258 e. The zero-order valence-electron chi connectivity index (χ0n) is 9.16. The molecule has 0 fully saturated rings. The van der Waals surface area contributed by atoms with Gasteiger partial charge in [-0.1, -0.05) is 58.5 Å². The first-order chi connectivity index (χ1) is 8.93. The number of halogens is 4. The van der Waals surface area contributed by atoms with E-state index in [0.29, 0.717) is 21.2 Å². The summed E-state index contributed by atoms with van der Waals surface area (Å²) in [6.45, 7) is 0. The number of nitro groups is 1. The van der Waals surface area contributed by atoms with Gasteiger partial charge in [0.15, 0.2) is 0 Å². The fraction of sp³-hybridized carbons (Fsp3) is 0. The van der Waals surface area contributed by atoms with Crippen molar-refractivity contribution in [2.45, 2.75) is 0 Å². The second-order valence-electron chi connectivity index (χ2n) is 3.61. The molecule has 0 aromatic heterocycles. The molecule has 19 heavy (non-hydrogen) atoms. The molecule has 0 atom stereocenters. The highest BCUT2D eigenvalue weighted by molar-refractivity contribution is 6.47. The van der Waals surface area contributed by atoms with E-state index in [0.717, 1.165) is 0 Å². The van der Waals surface area contributed by atoms with Crippen LogP contribution < -0.4 is 0 Å². The van der Waals surface area contributed by atoms with Crippen molar-refractivity contribution in [2.75, 3.05) is 0 Å². The lowest BCUT2D eigenvalue weighted by molar-refractivity contribution is -0.384. The molecule has 7 heteroatoms. The molecule has 0 spiro atoms. The third kappa shape index (κ3) is 2.65. The van der Waals surface area contributed by atoms with Crippen molar-refractivity contribution in [3.63, 3.8) is 0 Å². The topological polar surface area (TPSA) is 43.1 Å². The lowest BCUT2D eigenvalue weighted by Gasteiger charge is -2.10. The van der Waals surface area contributed by atoms with E-state index < -0.39 is 4.92 Å². The zero-order valence-corrected chi connectivity index (χ0v) is 12.2. The first kappa shape index (κ1) is 14.4. The van der Waals surface area contributed by atoms with Crippen molar-refractivity contribution in [3.8, 4) is 11.1 Å². The van der Waals surface area contributed by atoms with Crippen LogP contribution in [0.5, 0.6) is 0 Å². The number of nitro benzene ring substituents is 1. The molecule has 0 heterocycles. The molecule has 2 aromatic carbocycles. The third-order valence-corrected chi connectivity index (χ3v) is 4.00. The molecule has 0 radical (unpaired) electrons. The normalized spacial score (nSPS) is 10.5. The summed E-state index contributed by atoms with van der Waals surface area (Å²) in [4.78, 5) is 10.3. The second-order valence-corrected chi connectivity index (χ2v) is 5.18. The molecule has 0 amide bonds. The van der Waals surface area contributed by atoms with Crippen molar-refractivity contribution in [1.29, 1.82) is 0 Å². The second kappa shape index (κ2) is 5.55. The first-order valence-corrected chi connectivity index (χ1v) is 6.51. The molecule has 0 unspecified atom stereocenters. The minimum absolute atomic E-state index is 0.0291. The van der Waals surface area contributed by atoms with Gasteiger partial charge in [0.2, 0.25) is 0 Å². The molecule has 0 bridgehead atoms. The predicted octanol–water partition coefficient (Wildman–Crippen LogP) is 5.88. The van der Waals surface area contributed by atoms with Crippen LogP contribution in [0.4, 0.5) is 5.69 Å². The van der Waals surface area contributed by atoms with Crippen LogP contribution in [0.15, 0.2) is 30.3 Å². The fourth-order valence-electron chi connectivity index (χ4n) is 1.63. The van der Waals surface area contributed by atoms with Gasteiger partial charge >= 0.3 is 0 Å². The van der Waals surface area contributed by atoms with Crippen molar-refractivity contribution in [3.05, 3.63) is 60.5 Å². The Balaban J connectivity index is 2.77. The molecule has 0 saturated heterocycles. The number of nitrogens with zero attached hydrogens (tertiary/aromatic N) is 1. The maximum absolute atomic E-state index is 10.9. The summed E-state index contributed by atoms with van der Waals surface area (Å²) >= 11 is 24.1. The molecule has 0 aliphatic carbocycles. The summed E-state index contributed by atoms with van der Waals surface area (Å²) in [6.07, 6.45) is 0. The summed E-state index contributed by atoms with van der Waals surface area (Å²) in [6, 6.07) is 7.51. The lowest BCUT2D eigenvalue weighted by Crippen LogP contribution is -1.92. The standard InChI is InChI=1S/C12H5Cl4NO2/c13-7-4-5-8(14)12(16)10(7)6-2-1-3-9(11(6)15)17(18)19/h1-5H. The molecule has 98 valence electrons. The Bertz CT molecular complexity index is 673. The van der Waals surface area contributed by atoms with Gasteiger partial charge in [0.05, 0.1) is 20.0 Å². The Morgan fingerprint density at radius 2 is 1.53 bits per heavy atom. The molecule has 0 aliphatic rings. The largest absolute Gasteiger partial charge is 0.288 e. The minimum atomic E-state index is -0.571. The van der Waals surface area contributed by atoms with Crippen LogP contribution in [0, 0.1) is 10.1 Å². The van der Waals surface area contributed by atoms with E-state index in [-0.39, 0.29) is 15.7 Å². The maximum Gasteiger partial charge on any atom is 0.288 e. The van der Waals surface area contributed by atoms with Gasteiger partial charge in [-0.3, -0.25) is 10.1 Å². The number of benzene rings is 2. The van der Waals surface area contributed by atoms with Gasteiger partial charge in [-0.15, -0.1) is 0 Å². The van der Waals surface area contributed by atoms with Crippen LogP contribution in [0.3, 0.4) is 0 Å². The SMILES string of the molecule is O=[N+]([O-])c1cccc(-c2c(Cl)ccc(Cl)c2Cl)c1Cl. The number of hydrogen-bond acceptors (Lipinski definition) is 2. The summed E-state index contributed by atoms with van der Waals surface area (Å²) < 4.78 is 0. The summed E-state index contributed by atoms with van der Waals surface area (Å²) in [7, 11) is 0. The van der Waals surface area contributed by atoms with Gasteiger partial charge in [0.25, 0.3) is 5.69 Å². The third-order valence-electron chi connectivity index (χ3n) is 2.49. The Morgan fingerprint density at radius 3 is 2.16 bits per heavy atom. The van der Waals surface area contributed by atoms with Gasteiger partial charge in [0, 0.05) is 17.2 Å². The Hall–Kier alpha value is -1.000. The van der Waals surface area contributed by atoms with Gasteiger partial charge in [-0.25, -0.2) is 0 Å².